The molecule has 1 aromatic carbocycles. The van der Waals surface area contributed by atoms with Crippen molar-refractivity contribution in [3.8, 4) is 0 Å². The highest BCUT2D eigenvalue weighted by Crippen LogP contribution is 2.30. The first-order valence-electron chi connectivity index (χ1n) is 6.65. The van der Waals surface area contributed by atoms with E-state index < -0.39 is 0 Å². The molecule has 1 unspecified atom stereocenters. The van der Waals surface area contributed by atoms with E-state index in [2.05, 4.69) is 70.3 Å². The van der Waals surface area contributed by atoms with Crippen LogP contribution in [0.4, 0.5) is 5.69 Å². The van der Waals surface area contributed by atoms with Crippen LogP contribution in [0.15, 0.2) is 34.8 Å². The normalized spacial score (nSPS) is 16.9. The highest BCUT2D eigenvalue weighted by atomic mass is 79.9. The number of nitrogens with one attached hydrogen (secondary N) is 1. The molecule has 1 aliphatic rings. The lowest BCUT2D eigenvalue weighted by Gasteiger charge is -2.30. The smallest absolute Gasteiger partial charge is 0.0418 e. The Balaban J connectivity index is 2.30. The maximum atomic E-state index is 3.58. The second-order valence-corrected chi connectivity index (χ2v) is 5.60. The number of halogens is 1. The van der Waals surface area contributed by atoms with Crippen LogP contribution in [0.3, 0.4) is 0 Å². The van der Waals surface area contributed by atoms with Gasteiger partial charge in [0.15, 0.2) is 0 Å². The van der Waals surface area contributed by atoms with Crippen LogP contribution in [0.25, 0.3) is 0 Å². The van der Waals surface area contributed by atoms with Gasteiger partial charge in [-0.15, -0.1) is 0 Å². The van der Waals surface area contributed by atoms with Crippen molar-refractivity contribution in [2.24, 2.45) is 0 Å². The summed E-state index contributed by atoms with van der Waals surface area (Å²) in [7, 11) is 0. The minimum Gasteiger partial charge on any atom is -0.367 e. The number of rotatable bonds is 4. The highest BCUT2D eigenvalue weighted by molar-refractivity contribution is 9.10. The third-order valence-corrected chi connectivity index (χ3v) is 3.86. The molecule has 2 nitrogen and oxygen atoms in total. The van der Waals surface area contributed by atoms with Gasteiger partial charge in [-0.1, -0.05) is 35.0 Å². The number of nitrogens with zero attached hydrogens (tertiary/aromatic N) is 1. The average Bonchev–Trinajstić information content (AvgIpc) is 2.40. The van der Waals surface area contributed by atoms with E-state index in [0.717, 1.165) is 30.5 Å². The van der Waals surface area contributed by atoms with E-state index in [9.17, 15) is 0 Å². The molecule has 1 aliphatic heterocycles. The van der Waals surface area contributed by atoms with Gasteiger partial charge in [-0.05, 0) is 43.7 Å². The first kappa shape index (κ1) is 13.6. The van der Waals surface area contributed by atoms with E-state index in [4.69, 9.17) is 0 Å². The second-order valence-electron chi connectivity index (χ2n) is 4.69. The Bertz CT molecular complexity index is 429. The fourth-order valence-corrected chi connectivity index (χ4v) is 2.82. The summed E-state index contributed by atoms with van der Waals surface area (Å²) in [5, 5.41) is 3.50. The number of hydrogen-bond acceptors (Lipinski definition) is 2. The predicted molar refractivity (Wildman–Crippen MR) is 82.2 cm³/mol. The molecule has 2 rings (SSSR count). The highest BCUT2D eigenvalue weighted by Gasteiger charge is 2.16. The predicted octanol–water partition coefficient (Wildman–Crippen LogP) is 3.89. The Hall–Kier alpha value is -0.800. The molecule has 1 atom stereocenters. The first-order chi connectivity index (χ1) is 8.72. The minimum absolute atomic E-state index is 0.383. The van der Waals surface area contributed by atoms with Gasteiger partial charge in [0.1, 0.15) is 0 Å². The molecule has 0 radical (unpaired) electrons. The summed E-state index contributed by atoms with van der Waals surface area (Å²) < 4.78 is 1.15. The van der Waals surface area contributed by atoms with Crippen molar-refractivity contribution in [3.05, 3.63) is 40.4 Å². The summed E-state index contributed by atoms with van der Waals surface area (Å²) in [6.45, 7) is 7.51. The van der Waals surface area contributed by atoms with Crippen LogP contribution >= 0.6 is 15.9 Å². The van der Waals surface area contributed by atoms with E-state index in [-0.39, 0.29) is 0 Å². The van der Waals surface area contributed by atoms with Crippen molar-refractivity contribution in [2.75, 3.05) is 24.5 Å². The average molecular weight is 309 g/mol. The third-order valence-electron chi connectivity index (χ3n) is 3.37. The van der Waals surface area contributed by atoms with Gasteiger partial charge in [0.25, 0.3) is 0 Å². The Morgan fingerprint density at radius 3 is 2.89 bits per heavy atom. The summed E-state index contributed by atoms with van der Waals surface area (Å²) >= 11 is 3.58. The van der Waals surface area contributed by atoms with Crippen LogP contribution in [-0.2, 0) is 0 Å². The number of benzene rings is 1. The number of hydrogen-bond donors (Lipinski definition) is 1. The Morgan fingerprint density at radius 2 is 2.22 bits per heavy atom. The van der Waals surface area contributed by atoms with E-state index in [1.54, 1.807) is 0 Å². The molecule has 0 fully saturated rings. The topological polar surface area (TPSA) is 15.3 Å². The quantitative estimate of drug-likeness (QED) is 0.849. The molecule has 0 saturated heterocycles. The van der Waals surface area contributed by atoms with Crippen molar-refractivity contribution in [2.45, 2.75) is 26.3 Å². The maximum Gasteiger partial charge on any atom is 0.0418 e. The van der Waals surface area contributed by atoms with Crippen LogP contribution in [0.1, 0.15) is 31.9 Å². The summed E-state index contributed by atoms with van der Waals surface area (Å²) in [5.41, 5.74) is 2.73. The molecule has 1 N–H and O–H groups in total. The molecule has 18 heavy (non-hydrogen) atoms. The van der Waals surface area contributed by atoms with Crippen molar-refractivity contribution < 1.29 is 0 Å². The standard InChI is InChI=1S/C15H21BrN2/c1-3-17-12(2)14-11-13(16)7-8-15(14)18-9-5-4-6-10-18/h4-5,7-8,11-12,17H,3,6,9-10H2,1-2H3. The van der Waals surface area contributed by atoms with Gasteiger partial charge < -0.3 is 10.2 Å². The van der Waals surface area contributed by atoms with E-state index >= 15 is 0 Å². The van der Waals surface area contributed by atoms with Crippen molar-refractivity contribution in [1.82, 2.24) is 5.32 Å². The van der Waals surface area contributed by atoms with Crippen molar-refractivity contribution >= 4 is 21.6 Å². The van der Waals surface area contributed by atoms with Crippen molar-refractivity contribution in [3.63, 3.8) is 0 Å². The van der Waals surface area contributed by atoms with E-state index in [1.165, 1.54) is 11.3 Å². The molecule has 1 heterocycles. The lowest BCUT2D eigenvalue weighted by molar-refractivity contribution is 0.595. The zero-order valence-electron chi connectivity index (χ0n) is 11.1. The van der Waals surface area contributed by atoms with Gasteiger partial charge >= 0.3 is 0 Å². The van der Waals surface area contributed by atoms with Gasteiger partial charge in [0, 0.05) is 29.3 Å². The zero-order chi connectivity index (χ0) is 13.0. The van der Waals surface area contributed by atoms with Gasteiger partial charge in [-0.3, -0.25) is 0 Å². The lowest BCUT2D eigenvalue weighted by Crippen LogP contribution is -2.29. The molecule has 0 aliphatic carbocycles. The van der Waals surface area contributed by atoms with Gasteiger partial charge in [-0.25, -0.2) is 0 Å². The Labute approximate surface area is 118 Å². The summed E-state index contributed by atoms with van der Waals surface area (Å²) in [4.78, 5) is 2.45. The minimum atomic E-state index is 0.383. The van der Waals surface area contributed by atoms with Gasteiger partial charge in [-0.2, -0.15) is 0 Å². The van der Waals surface area contributed by atoms with E-state index in [0.29, 0.717) is 6.04 Å². The largest absolute Gasteiger partial charge is 0.367 e. The molecule has 3 heteroatoms. The molecular weight excluding hydrogens is 288 g/mol. The van der Waals surface area contributed by atoms with Crippen LogP contribution in [-0.4, -0.2) is 19.6 Å². The van der Waals surface area contributed by atoms with Crippen LogP contribution in [0.5, 0.6) is 0 Å². The summed E-state index contributed by atoms with van der Waals surface area (Å²) in [6, 6.07) is 6.98. The van der Waals surface area contributed by atoms with Gasteiger partial charge in [0.05, 0.1) is 0 Å². The molecule has 0 amide bonds. The fourth-order valence-electron chi connectivity index (χ4n) is 2.44. The monoisotopic (exact) mass is 308 g/mol. The fraction of sp³-hybridized carbons (Fsp3) is 0.467. The molecule has 0 saturated carbocycles. The molecular formula is C15H21BrN2. The Kier molecular flexibility index (Phi) is 4.84. The molecule has 0 aromatic heterocycles. The van der Waals surface area contributed by atoms with Crippen LogP contribution in [0.2, 0.25) is 0 Å². The lowest BCUT2D eigenvalue weighted by atomic mass is 10.0. The number of anilines is 1. The maximum absolute atomic E-state index is 3.58. The van der Waals surface area contributed by atoms with Crippen LogP contribution in [0, 0.1) is 0 Å². The van der Waals surface area contributed by atoms with Crippen LogP contribution < -0.4 is 10.2 Å². The molecule has 0 bridgehead atoms. The SMILES string of the molecule is CCNC(C)c1cc(Br)ccc1N1CC=CCC1. The molecule has 98 valence electrons. The molecule has 0 spiro atoms. The second kappa shape index (κ2) is 6.39. The third kappa shape index (κ3) is 3.15. The van der Waals surface area contributed by atoms with Crippen molar-refractivity contribution in [1.29, 1.82) is 0 Å². The first-order valence-corrected chi connectivity index (χ1v) is 7.44. The zero-order valence-corrected chi connectivity index (χ0v) is 12.7. The van der Waals surface area contributed by atoms with Gasteiger partial charge in [0.2, 0.25) is 0 Å². The summed E-state index contributed by atoms with van der Waals surface area (Å²) in [5.74, 6) is 0. The summed E-state index contributed by atoms with van der Waals surface area (Å²) in [6.07, 6.45) is 5.67. The molecule has 1 aromatic rings. The van der Waals surface area contributed by atoms with E-state index in [1.807, 2.05) is 0 Å². The Morgan fingerprint density at radius 1 is 1.39 bits per heavy atom.